The number of ether oxygens (including phenoxy) is 1. The van der Waals surface area contributed by atoms with Crippen molar-refractivity contribution in [1.82, 2.24) is 30.8 Å². The van der Waals surface area contributed by atoms with Gasteiger partial charge in [0.25, 0.3) is 5.91 Å². The van der Waals surface area contributed by atoms with Gasteiger partial charge in [0.1, 0.15) is 0 Å². The van der Waals surface area contributed by atoms with Crippen LogP contribution in [-0.2, 0) is 20.9 Å². The van der Waals surface area contributed by atoms with Crippen molar-refractivity contribution in [3.63, 3.8) is 0 Å². The van der Waals surface area contributed by atoms with Crippen LogP contribution < -0.4 is 10.6 Å². The van der Waals surface area contributed by atoms with Gasteiger partial charge < -0.3 is 10.1 Å². The zero-order valence-corrected chi connectivity index (χ0v) is 15.7. The number of imide groups is 1. The summed E-state index contributed by atoms with van der Waals surface area (Å²) in [6, 6.07) is 6.00. The third-order valence-corrected chi connectivity index (χ3v) is 3.41. The molecule has 1 aromatic heterocycles. The van der Waals surface area contributed by atoms with E-state index in [2.05, 4.69) is 26.0 Å². The van der Waals surface area contributed by atoms with Crippen LogP contribution in [0.5, 0.6) is 0 Å². The molecular formula is C16H19ClN6O4. The molecule has 1 heterocycles. The minimum absolute atomic E-state index is 0.135. The Hall–Kier alpha value is -3.01. The van der Waals surface area contributed by atoms with Gasteiger partial charge in [-0.1, -0.05) is 11.6 Å². The summed E-state index contributed by atoms with van der Waals surface area (Å²) in [5, 5.41) is 16.8. The van der Waals surface area contributed by atoms with Crippen molar-refractivity contribution in [3.05, 3.63) is 29.3 Å². The van der Waals surface area contributed by atoms with Gasteiger partial charge in [0.15, 0.2) is 12.6 Å². The molecule has 0 spiro atoms. The molecule has 0 unspecified atom stereocenters. The molecule has 0 aliphatic carbocycles. The highest BCUT2D eigenvalue weighted by Gasteiger charge is 2.21. The zero-order chi connectivity index (χ0) is 20.0. The van der Waals surface area contributed by atoms with E-state index in [4.69, 9.17) is 16.3 Å². The van der Waals surface area contributed by atoms with Crippen LogP contribution in [0.25, 0.3) is 11.4 Å². The molecular weight excluding hydrogens is 376 g/mol. The molecule has 144 valence electrons. The van der Waals surface area contributed by atoms with Gasteiger partial charge in [-0.2, -0.15) is 4.80 Å². The Bertz CT molecular complexity index is 821. The normalized spacial score (nSPS) is 11.7. The largest absolute Gasteiger partial charge is 0.451 e. The first-order chi connectivity index (χ1) is 12.7. The SMILES string of the molecule is CC(C)NC(=O)NC(=O)[C@@H](C)OC(=O)Cn1nnc(-c2ccc(Cl)cc2)n1. The van der Waals surface area contributed by atoms with Crippen molar-refractivity contribution in [3.8, 4) is 11.4 Å². The third kappa shape index (κ3) is 6.33. The summed E-state index contributed by atoms with van der Waals surface area (Å²) < 4.78 is 4.98. The number of carbonyl (C=O) groups is 3. The van der Waals surface area contributed by atoms with E-state index in [0.29, 0.717) is 16.4 Å². The molecule has 0 aliphatic rings. The van der Waals surface area contributed by atoms with Crippen LogP contribution in [0.3, 0.4) is 0 Å². The first-order valence-corrected chi connectivity index (χ1v) is 8.47. The number of nitrogens with zero attached hydrogens (tertiary/aromatic N) is 4. The van der Waals surface area contributed by atoms with Crippen molar-refractivity contribution in [2.24, 2.45) is 0 Å². The maximum atomic E-state index is 11.9. The van der Waals surface area contributed by atoms with E-state index in [1.165, 1.54) is 6.92 Å². The molecule has 0 saturated carbocycles. The van der Waals surface area contributed by atoms with Crippen LogP contribution in [0.2, 0.25) is 5.02 Å². The van der Waals surface area contributed by atoms with Gasteiger partial charge in [-0.25, -0.2) is 9.59 Å². The van der Waals surface area contributed by atoms with E-state index in [9.17, 15) is 14.4 Å². The fraction of sp³-hybridized carbons (Fsp3) is 0.375. The van der Waals surface area contributed by atoms with Gasteiger partial charge in [0.05, 0.1) is 0 Å². The molecule has 10 nitrogen and oxygen atoms in total. The lowest BCUT2D eigenvalue weighted by Crippen LogP contribution is -2.46. The summed E-state index contributed by atoms with van der Waals surface area (Å²) in [5.41, 5.74) is 0.683. The number of hydrogen-bond acceptors (Lipinski definition) is 7. The third-order valence-electron chi connectivity index (χ3n) is 3.16. The van der Waals surface area contributed by atoms with E-state index in [1.54, 1.807) is 38.1 Å². The Balaban J connectivity index is 1.87. The number of nitrogens with one attached hydrogen (secondary N) is 2. The van der Waals surface area contributed by atoms with Crippen molar-refractivity contribution in [2.45, 2.75) is 39.5 Å². The van der Waals surface area contributed by atoms with Crippen molar-refractivity contribution in [2.75, 3.05) is 0 Å². The molecule has 3 amide bonds. The number of esters is 1. The lowest BCUT2D eigenvalue weighted by Gasteiger charge is -2.14. The van der Waals surface area contributed by atoms with Gasteiger partial charge in [0, 0.05) is 16.6 Å². The molecule has 2 rings (SSSR count). The minimum atomic E-state index is -1.16. The molecule has 0 aliphatic heterocycles. The molecule has 2 N–H and O–H groups in total. The maximum Gasteiger partial charge on any atom is 0.330 e. The van der Waals surface area contributed by atoms with E-state index >= 15 is 0 Å². The second kappa shape index (κ2) is 9.08. The van der Waals surface area contributed by atoms with E-state index in [-0.39, 0.29) is 12.6 Å². The number of carbonyl (C=O) groups excluding carboxylic acids is 3. The Morgan fingerprint density at radius 1 is 1.19 bits per heavy atom. The number of benzene rings is 1. The number of hydrogen-bond donors (Lipinski definition) is 2. The highest BCUT2D eigenvalue weighted by Crippen LogP contribution is 2.16. The lowest BCUT2D eigenvalue weighted by atomic mass is 10.2. The van der Waals surface area contributed by atoms with Gasteiger partial charge >= 0.3 is 12.0 Å². The standard InChI is InChI=1S/C16H19ClN6O4/c1-9(2)18-16(26)19-15(25)10(3)27-13(24)8-23-21-14(20-22-23)11-4-6-12(17)7-5-11/h4-7,9-10H,8H2,1-3H3,(H2,18,19,25,26)/t10-/m1/s1. The van der Waals surface area contributed by atoms with E-state index in [0.717, 1.165) is 4.80 Å². The minimum Gasteiger partial charge on any atom is -0.451 e. The smallest absolute Gasteiger partial charge is 0.330 e. The maximum absolute atomic E-state index is 11.9. The van der Waals surface area contributed by atoms with E-state index < -0.39 is 24.0 Å². The van der Waals surface area contributed by atoms with Crippen LogP contribution in [0.1, 0.15) is 20.8 Å². The quantitative estimate of drug-likeness (QED) is 0.703. The fourth-order valence-corrected chi connectivity index (χ4v) is 2.07. The molecule has 1 atom stereocenters. The topological polar surface area (TPSA) is 128 Å². The second-order valence-corrected chi connectivity index (χ2v) is 6.34. The highest BCUT2D eigenvalue weighted by molar-refractivity contribution is 6.30. The Morgan fingerprint density at radius 2 is 1.85 bits per heavy atom. The van der Waals surface area contributed by atoms with Gasteiger partial charge in [-0.15, -0.1) is 10.2 Å². The molecule has 2 aromatic rings. The average Bonchev–Trinajstić information content (AvgIpc) is 3.02. The molecule has 0 radical (unpaired) electrons. The zero-order valence-electron chi connectivity index (χ0n) is 15.0. The number of rotatable bonds is 6. The molecule has 11 heteroatoms. The molecule has 0 bridgehead atoms. The summed E-state index contributed by atoms with van der Waals surface area (Å²) >= 11 is 5.82. The second-order valence-electron chi connectivity index (χ2n) is 5.90. The number of tetrazole rings is 1. The first kappa shape index (κ1) is 20.3. The summed E-state index contributed by atoms with van der Waals surface area (Å²) in [7, 11) is 0. The molecule has 0 saturated heterocycles. The van der Waals surface area contributed by atoms with Gasteiger partial charge in [-0.3, -0.25) is 10.1 Å². The van der Waals surface area contributed by atoms with Crippen molar-refractivity contribution in [1.29, 1.82) is 0 Å². The number of aromatic nitrogens is 4. The van der Waals surface area contributed by atoms with Crippen LogP contribution in [0.15, 0.2) is 24.3 Å². The average molecular weight is 395 g/mol. The van der Waals surface area contributed by atoms with Gasteiger partial charge in [-0.05, 0) is 50.3 Å². The number of amides is 3. The summed E-state index contributed by atoms with van der Waals surface area (Å²) in [6.07, 6.45) is -1.16. The first-order valence-electron chi connectivity index (χ1n) is 8.09. The van der Waals surface area contributed by atoms with Gasteiger partial charge in [0.2, 0.25) is 5.82 Å². The fourth-order valence-electron chi connectivity index (χ4n) is 1.94. The highest BCUT2D eigenvalue weighted by atomic mass is 35.5. The predicted octanol–water partition coefficient (Wildman–Crippen LogP) is 1.16. The Kier molecular flexibility index (Phi) is 6.83. The van der Waals surface area contributed by atoms with Crippen LogP contribution >= 0.6 is 11.6 Å². The molecule has 1 aromatic carbocycles. The number of halogens is 1. The van der Waals surface area contributed by atoms with E-state index in [1.807, 2.05) is 0 Å². The number of urea groups is 1. The van der Waals surface area contributed by atoms with Crippen LogP contribution in [0, 0.1) is 0 Å². The van der Waals surface area contributed by atoms with Crippen LogP contribution in [0.4, 0.5) is 4.79 Å². The summed E-state index contributed by atoms with van der Waals surface area (Å²) in [4.78, 5) is 36.3. The van der Waals surface area contributed by atoms with Crippen molar-refractivity contribution >= 4 is 29.5 Å². The van der Waals surface area contributed by atoms with Crippen molar-refractivity contribution < 1.29 is 19.1 Å². The Morgan fingerprint density at radius 3 is 2.48 bits per heavy atom. The predicted molar refractivity (Wildman–Crippen MR) is 95.6 cm³/mol. The monoisotopic (exact) mass is 394 g/mol. The molecule has 0 fully saturated rings. The summed E-state index contributed by atoms with van der Waals surface area (Å²) in [5.74, 6) is -1.17. The summed E-state index contributed by atoms with van der Waals surface area (Å²) in [6.45, 7) is 4.51. The molecule has 27 heavy (non-hydrogen) atoms. The van der Waals surface area contributed by atoms with Crippen LogP contribution in [-0.4, -0.2) is 50.3 Å². The Labute approximate surface area is 160 Å². The lowest BCUT2D eigenvalue weighted by molar-refractivity contribution is -0.155.